The van der Waals surface area contributed by atoms with Crippen LogP contribution in [0.4, 0.5) is 0 Å². The number of aryl methyl sites for hydroxylation is 2. The summed E-state index contributed by atoms with van der Waals surface area (Å²) >= 11 is 0. The molecule has 184 valence electrons. The molecule has 0 aliphatic rings. The highest BCUT2D eigenvalue weighted by Gasteiger charge is 2.17. The molecule has 1 aromatic carbocycles. The highest BCUT2D eigenvalue weighted by atomic mass is 16.1. The maximum Gasteiger partial charge on any atom is 0.335 e. The highest BCUT2D eigenvalue weighted by Crippen LogP contribution is 2.26. The number of nitrogens with zero attached hydrogens (tertiary/aromatic N) is 8. The lowest BCUT2D eigenvalue weighted by atomic mass is 10.00. The van der Waals surface area contributed by atoms with Gasteiger partial charge in [-0.15, -0.1) is 10.2 Å². The molecule has 0 unspecified atom stereocenters. The van der Waals surface area contributed by atoms with Gasteiger partial charge in [0.2, 0.25) is 11.8 Å². The second kappa shape index (κ2) is 10.5. The fourth-order valence-corrected chi connectivity index (χ4v) is 4.41. The summed E-state index contributed by atoms with van der Waals surface area (Å²) in [4.78, 5) is 22.5. The molecule has 36 heavy (non-hydrogen) atoms. The van der Waals surface area contributed by atoms with Gasteiger partial charge in [-0.3, -0.25) is 9.55 Å². The minimum Gasteiger partial charge on any atom is -0.317 e. The summed E-state index contributed by atoms with van der Waals surface area (Å²) in [7, 11) is 0. The van der Waals surface area contributed by atoms with Gasteiger partial charge in [0.1, 0.15) is 0 Å². The molecular formula is C26H29N9O. The van der Waals surface area contributed by atoms with Crippen molar-refractivity contribution in [3.63, 3.8) is 0 Å². The van der Waals surface area contributed by atoms with Crippen molar-refractivity contribution in [3.8, 4) is 28.5 Å². The van der Waals surface area contributed by atoms with Crippen LogP contribution in [0.1, 0.15) is 44.4 Å². The van der Waals surface area contributed by atoms with Crippen molar-refractivity contribution in [3.05, 3.63) is 83.1 Å². The van der Waals surface area contributed by atoms with E-state index in [1.165, 1.54) is 0 Å². The third-order valence-electron chi connectivity index (χ3n) is 6.26. The number of aromatic amines is 1. The molecule has 0 aliphatic heterocycles. The standard InChI is InChI=1S/C26H29N9O/c1-3-5-14-33-15-13-28-25(33)35-18-22(6-4-2)34(26(35)36)17-21-16-27-12-11-23(21)19-7-9-20(10-8-19)24-29-31-32-30-24/h7-13,15-16,18H,3-6,14,17H2,1-2H3,(H,29,30,31,32). The molecule has 0 spiro atoms. The smallest absolute Gasteiger partial charge is 0.317 e. The Labute approximate surface area is 208 Å². The Morgan fingerprint density at radius 3 is 2.58 bits per heavy atom. The fraction of sp³-hybridized carbons (Fsp3) is 0.308. The van der Waals surface area contributed by atoms with Crippen LogP contribution in [-0.4, -0.2) is 44.3 Å². The summed E-state index contributed by atoms with van der Waals surface area (Å²) < 4.78 is 5.57. The number of unbranched alkanes of at least 4 members (excludes halogenated alkanes) is 1. The summed E-state index contributed by atoms with van der Waals surface area (Å²) in [6, 6.07) is 9.96. The monoisotopic (exact) mass is 483 g/mol. The molecule has 5 rings (SSSR count). The molecule has 0 radical (unpaired) electrons. The van der Waals surface area contributed by atoms with E-state index in [0.29, 0.717) is 18.3 Å². The molecule has 0 saturated heterocycles. The SMILES string of the molecule is CCCCn1ccnc1-n1cc(CCC)n(Cc2cnccc2-c2ccc(-c3nn[nH]n3)cc2)c1=O. The van der Waals surface area contributed by atoms with Crippen LogP contribution < -0.4 is 5.69 Å². The predicted molar refractivity (Wildman–Crippen MR) is 137 cm³/mol. The van der Waals surface area contributed by atoms with Crippen molar-refractivity contribution in [2.45, 2.75) is 52.6 Å². The Kier molecular flexibility index (Phi) is 6.83. The minimum atomic E-state index is -0.0929. The van der Waals surface area contributed by atoms with Gasteiger partial charge >= 0.3 is 5.69 Å². The number of pyridine rings is 1. The number of hydrogen-bond donors (Lipinski definition) is 1. The van der Waals surface area contributed by atoms with Crippen LogP contribution in [0.15, 0.2) is 66.1 Å². The summed E-state index contributed by atoms with van der Waals surface area (Å²) in [5, 5.41) is 14.2. The molecule has 10 nitrogen and oxygen atoms in total. The van der Waals surface area contributed by atoms with Crippen molar-refractivity contribution in [1.29, 1.82) is 0 Å². The second-order valence-electron chi connectivity index (χ2n) is 8.73. The van der Waals surface area contributed by atoms with Gasteiger partial charge in [-0.2, -0.15) is 5.21 Å². The highest BCUT2D eigenvalue weighted by molar-refractivity contribution is 5.69. The second-order valence-corrected chi connectivity index (χ2v) is 8.73. The number of imidazole rings is 2. The molecule has 4 heterocycles. The normalized spacial score (nSPS) is 11.3. The van der Waals surface area contributed by atoms with Gasteiger partial charge in [0.15, 0.2) is 0 Å². The summed E-state index contributed by atoms with van der Waals surface area (Å²) in [5.41, 5.74) is 4.78. The fourth-order valence-electron chi connectivity index (χ4n) is 4.41. The van der Waals surface area contributed by atoms with Crippen molar-refractivity contribution >= 4 is 0 Å². The number of benzene rings is 1. The largest absolute Gasteiger partial charge is 0.335 e. The first kappa shape index (κ1) is 23.4. The van der Waals surface area contributed by atoms with Crippen molar-refractivity contribution in [2.24, 2.45) is 0 Å². The lowest BCUT2D eigenvalue weighted by Crippen LogP contribution is -2.26. The van der Waals surface area contributed by atoms with Gasteiger partial charge in [-0.05, 0) is 40.8 Å². The van der Waals surface area contributed by atoms with Crippen LogP contribution in [0.25, 0.3) is 28.5 Å². The zero-order valence-electron chi connectivity index (χ0n) is 20.5. The summed E-state index contributed by atoms with van der Waals surface area (Å²) in [5.74, 6) is 1.21. The van der Waals surface area contributed by atoms with E-state index in [-0.39, 0.29) is 5.69 Å². The van der Waals surface area contributed by atoms with Crippen molar-refractivity contribution in [2.75, 3.05) is 0 Å². The molecule has 0 amide bonds. The number of hydrogen-bond acceptors (Lipinski definition) is 6. The average Bonchev–Trinajstić information content (AvgIpc) is 3.66. The third-order valence-corrected chi connectivity index (χ3v) is 6.26. The molecule has 0 aliphatic carbocycles. The Morgan fingerprint density at radius 1 is 1.00 bits per heavy atom. The van der Waals surface area contributed by atoms with Gasteiger partial charge in [0.05, 0.1) is 6.54 Å². The van der Waals surface area contributed by atoms with Crippen LogP contribution in [0.5, 0.6) is 0 Å². The van der Waals surface area contributed by atoms with Crippen LogP contribution >= 0.6 is 0 Å². The Balaban J connectivity index is 1.50. The van der Waals surface area contributed by atoms with Gasteiger partial charge in [0, 0.05) is 48.8 Å². The van der Waals surface area contributed by atoms with E-state index in [1.54, 1.807) is 17.0 Å². The van der Waals surface area contributed by atoms with E-state index in [0.717, 1.165) is 60.2 Å². The molecule has 4 aromatic heterocycles. The van der Waals surface area contributed by atoms with E-state index in [4.69, 9.17) is 0 Å². The summed E-state index contributed by atoms with van der Waals surface area (Å²) in [6.45, 7) is 5.53. The van der Waals surface area contributed by atoms with Gasteiger partial charge < -0.3 is 4.57 Å². The number of aromatic nitrogens is 9. The quantitative estimate of drug-likeness (QED) is 0.323. The van der Waals surface area contributed by atoms with Gasteiger partial charge in [-0.1, -0.05) is 51.0 Å². The first-order valence-corrected chi connectivity index (χ1v) is 12.3. The molecule has 5 aromatic rings. The first-order valence-electron chi connectivity index (χ1n) is 12.3. The Morgan fingerprint density at radius 2 is 1.83 bits per heavy atom. The van der Waals surface area contributed by atoms with E-state index in [2.05, 4.69) is 44.4 Å². The van der Waals surface area contributed by atoms with E-state index < -0.39 is 0 Å². The topological polar surface area (TPSA) is 112 Å². The Hall–Kier alpha value is -4.34. The predicted octanol–water partition coefficient (Wildman–Crippen LogP) is 3.88. The third kappa shape index (κ3) is 4.61. The molecule has 0 bridgehead atoms. The number of H-pyrrole nitrogens is 1. The zero-order chi connectivity index (χ0) is 24.9. The lowest BCUT2D eigenvalue weighted by molar-refractivity contribution is 0.608. The maximum absolute atomic E-state index is 13.6. The number of tetrazole rings is 1. The van der Waals surface area contributed by atoms with Crippen LogP contribution in [-0.2, 0) is 19.5 Å². The average molecular weight is 484 g/mol. The van der Waals surface area contributed by atoms with Crippen molar-refractivity contribution < 1.29 is 0 Å². The molecular weight excluding hydrogens is 454 g/mol. The first-order chi connectivity index (χ1) is 17.7. The number of nitrogens with one attached hydrogen (secondary N) is 1. The van der Waals surface area contributed by atoms with E-state index in [1.807, 2.05) is 58.1 Å². The van der Waals surface area contributed by atoms with Gasteiger partial charge in [0.25, 0.3) is 0 Å². The zero-order valence-corrected chi connectivity index (χ0v) is 20.5. The van der Waals surface area contributed by atoms with Crippen molar-refractivity contribution in [1.82, 2.24) is 44.3 Å². The van der Waals surface area contributed by atoms with Crippen LogP contribution in [0.3, 0.4) is 0 Å². The lowest BCUT2D eigenvalue weighted by Gasteiger charge is -2.12. The van der Waals surface area contributed by atoms with Crippen LogP contribution in [0, 0.1) is 0 Å². The van der Waals surface area contributed by atoms with E-state index in [9.17, 15) is 4.79 Å². The summed E-state index contributed by atoms with van der Waals surface area (Å²) in [6.07, 6.45) is 13.1. The molecule has 0 saturated carbocycles. The molecule has 1 N–H and O–H groups in total. The van der Waals surface area contributed by atoms with Crippen LogP contribution in [0.2, 0.25) is 0 Å². The van der Waals surface area contributed by atoms with Gasteiger partial charge in [-0.25, -0.2) is 14.3 Å². The van der Waals surface area contributed by atoms with E-state index >= 15 is 0 Å². The number of rotatable bonds is 10. The minimum absolute atomic E-state index is 0.0929. The Bertz CT molecular complexity index is 1480. The molecule has 0 fully saturated rings. The molecule has 0 atom stereocenters. The maximum atomic E-state index is 13.6. The molecule has 10 heteroatoms.